The molecule has 1 aliphatic carbocycles. The highest BCUT2D eigenvalue weighted by molar-refractivity contribution is 7.74. The summed E-state index contributed by atoms with van der Waals surface area (Å²) in [5, 5.41) is 2.30. The minimum atomic E-state index is -0.804. The molecule has 0 bridgehead atoms. The molecule has 0 radical (unpaired) electrons. The number of hydrogen-bond donors (Lipinski definition) is 0. The molecule has 3 aromatic carbocycles. The van der Waals surface area contributed by atoms with Gasteiger partial charge >= 0.3 is 0 Å². The second kappa shape index (κ2) is 8.56. The Hall–Kier alpha value is -2.67. The van der Waals surface area contributed by atoms with Gasteiger partial charge in [-0.15, -0.1) is 0 Å². The summed E-state index contributed by atoms with van der Waals surface area (Å²) in [6, 6.07) is 29.8. The average molecular weight is 386 g/mol. The summed E-state index contributed by atoms with van der Waals surface area (Å²) in [5.74, 6) is 0.878. The molecular weight excluding hydrogens is 363 g/mol. The molecular formula is C25H23O2P. The third kappa shape index (κ3) is 3.54. The van der Waals surface area contributed by atoms with Crippen molar-refractivity contribution in [1.29, 1.82) is 0 Å². The number of benzene rings is 3. The fourth-order valence-corrected chi connectivity index (χ4v) is 6.70. The molecule has 3 heteroatoms. The molecule has 0 saturated heterocycles. The Kier molecular flexibility index (Phi) is 5.71. The van der Waals surface area contributed by atoms with Crippen molar-refractivity contribution in [2.45, 2.75) is 5.16 Å². The topological polar surface area (TPSA) is 18.5 Å². The van der Waals surface area contributed by atoms with Crippen LogP contribution in [0.25, 0.3) is 0 Å². The molecule has 0 aromatic heterocycles. The molecule has 0 spiro atoms. The minimum absolute atomic E-state index is 0.218. The van der Waals surface area contributed by atoms with Crippen LogP contribution in [0.4, 0.5) is 0 Å². The molecule has 1 aliphatic rings. The lowest BCUT2D eigenvalue weighted by molar-refractivity contribution is 0.0519. The van der Waals surface area contributed by atoms with E-state index in [0.29, 0.717) is 0 Å². The smallest absolute Gasteiger partial charge is 0.188 e. The lowest BCUT2D eigenvalue weighted by Crippen LogP contribution is -2.29. The Morgan fingerprint density at radius 1 is 0.750 bits per heavy atom. The van der Waals surface area contributed by atoms with Crippen LogP contribution in [0.5, 0.6) is 5.75 Å². The van der Waals surface area contributed by atoms with E-state index in [-0.39, 0.29) is 11.9 Å². The second-order valence-electron chi connectivity index (χ2n) is 6.60. The van der Waals surface area contributed by atoms with Gasteiger partial charge in [0, 0.05) is 12.4 Å². The number of methoxy groups -OCH3 is 1. The summed E-state index contributed by atoms with van der Waals surface area (Å²) in [5.41, 5.74) is 1.29. The normalized spacial score (nSPS) is 15.5. The van der Waals surface area contributed by atoms with Gasteiger partial charge in [0.15, 0.2) is 6.79 Å². The van der Waals surface area contributed by atoms with E-state index in [1.807, 2.05) is 12.1 Å². The first-order valence-corrected chi connectivity index (χ1v) is 10.7. The standard InChI is InChI=1S/C25H23O2P/c1-26-20-27-23-16-8-9-17-24(23)28(22-14-6-3-7-15-22)25(18-10-11-19-25)21-12-4-2-5-13-21/h2-19H,20H2,1H3. The third-order valence-electron chi connectivity index (χ3n) is 4.87. The summed E-state index contributed by atoms with van der Waals surface area (Å²) in [7, 11) is 0.845. The lowest BCUT2D eigenvalue weighted by Gasteiger charge is -2.37. The van der Waals surface area contributed by atoms with Crippen LogP contribution in [0.15, 0.2) is 109 Å². The molecule has 4 rings (SSSR count). The third-order valence-corrected chi connectivity index (χ3v) is 7.83. The maximum absolute atomic E-state index is 5.98. The number of allylic oxidation sites excluding steroid dienone is 4. The highest BCUT2D eigenvalue weighted by Crippen LogP contribution is 2.59. The minimum Gasteiger partial charge on any atom is -0.467 e. The van der Waals surface area contributed by atoms with E-state index in [1.54, 1.807) is 7.11 Å². The van der Waals surface area contributed by atoms with E-state index in [0.717, 1.165) is 5.75 Å². The van der Waals surface area contributed by atoms with Crippen molar-refractivity contribution in [1.82, 2.24) is 0 Å². The summed E-state index contributed by atoms with van der Waals surface area (Å²) in [6.45, 7) is 0.235. The maximum Gasteiger partial charge on any atom is 0.188 e. The zero-order valence-corrected chi connectivity index (χ0v) is 16.8. The molecule has 140 valence electrons. The Morgan fingerprint density at radius 3 is 2.04 bits per heavy atom. The lowest BCUT2D eigenvalue weighted by atomic mass is 10.00. The first-order valence-electron chi connectivity index (χ1n) is 9.34. The van der Waals surface area contributed by atoms with Gasteiger partial charge in [-0.2, -0.15) is 0 Å². The van der Waals surface area contributed by atoms with Crippen molar-refractivity contribution in [3.8, 4) is 5.75 Å². The van der Waals surface area contributed by atoms with Gasteiger partial charge in [-0.25, -0.2) is 0 Å². The van der Waals surface area contributed by atoms with Gasteiger partial charge in [0.2, 0.25) is 0 Å². The van der Waals surface area contributed by atoms with Gasteiger partial charge in [0.25, 0.3) is 0 Å². The Labute approximate surface area is 167 Å². The monoisotopic (exact) mass is 386 g/mol. The molecule has 0 saturated carbocycles. The number of rotatable bonds is 7. The number of hydrogen-bond acceptors (Lipinski definition) is 2. The first kappa shape index (κ1) is 18.7. The summed E-state index contributed by atoms with van der Waals surface area (Å²) in [6.07, 6.45) is 8.97. The maximum atomic E-state index is 5.98. The Bertz CT molecular complexity index is 952. The molecule has 0 amide bonds. The van der Waals surface area contributed by atoms with Gasteiger partial charge in [-0.05, 0) is 24.9 Å². The predicted octanol–water partition coefficient (Wildman–Crippen LogP) is 5.12. The van der Waals surface area contributed by atoms with Crippen molar-refractivity contribution in [2.75, 3.05) is 13.9 Å². The summed E-state index contributed by atoms with van der Waals surface area (Å²) >= 11 is 0. The zero-order valence-electron chi connectivity index (χ0n) is 15.9. The van der Waals surface area contributed by atoms with E-state index in [1.165, 1.54) is 16.2 Å². The van der Waals surface area contributed by atoms with E-state index in [9.17, 15) is 0 Å². The highest BCUT2D eigenvalue weighted by Gasteiger charge is 2.40. The van der Waals surface area contributed by atoms with Gasteiger partial charge in [0.05, 0.1) is 5.16 Å². The molecule has 3 aromatic rings. The summed E-state index contributed by atoms with van der Waals surface area (Å²) < 4.78 is 11.2. The van der Waals surface area contributed by atoms with E-state index in [4.69, 9.17) is 9.47 Å². The number of ether oxygens (including phenoxy) is 2. The van der Waals surface area contributed by atoms with E-state index < -0.39 is 7.92 Å². The van der Waals surface area contributed by atoms with Crippen LogP contribution in [-0.4, -0.2) is 13.9 Å². The molecule has 1 atom stereocenters. The molecule has 0 N–H and O–H groups in total. The molecule has 0 aliphatic heterocycles. The average Bonchev–Trinajstić information content (AvgIpc) is 3.25. The zero-order chi connectivity index (χ0) is 19.2. The second-order valence-corrected chi connectivity index (χ2v) is 9.01. The van der Waals surface area contributed by atoms with Crippen LogP contribution in [0, 0.1) is 0 Å². The largest absolute Gasteiger partial charge is 0.467 e. The summed E-state index contributed by atoms with van der Waals surface area (Å²) in [4.78, 5) is 0. The molecule has 0 heterocycles. The Balaban J connectivity index is 1.93. The fraction of sp³-hybridized carbons (Fsp3) is 0.120. The van der Waals surface area contributed by atoms with Crippen LogP contribution in [0.1, 0.15) is 5.56 Å². The van der Waals surface area contributed by atoms with Gasteiger partial charge < -0.3 is 9.47 Å². The van der Waals surface area contributed by atoms with Crippen molar-refractivity contribution < 1.29 is 9.47 Å². The van der Waals surface area contributed by atoms with Crippen LogP contribution in [0.2, 0.25) is 0 Å². The molecule has 0 fully saturated rings. The molecule has 2 nitrogen and oxygen atoms in total. The van der Waals surface area contributed by atoms with E-state index >= 15 is 0 Å². The fourth-order valence-electron chi connectivity index (χ4n) is 3.65. The van der Waals surface area contributed by atoms with Crippen LogP contribution < -0.4 is 15.3 Å². The number of para-hydroxylation sites is 1. The van der Waals surface area contributed by atoms with Gasteiger partial charge in [-0.1, -0.05) is 103 Å². The molecule has 28 heavy (non-hydrogen) atoms. The Morgan fingerprint density at radius 2 is 1.36 bits per heavy atom. The SMILES string of the molecule is COCOc1ccccc1P(c1ccccc1)C1(c2ccccc2)C=CC=C1. The van der Waals surface area contributed by atoms with Crippen molar-refractivity contribution in [2.24, 2.45) is 0 Å². The van der Waals surface area contributed by atoms with Crippen molar-refractivity contribution in [3.05, 3.63) is 115 Å². The predicted molar refractivity (Wildman–Crippen MR) is 118 cm³/mol. The van der Waals surface area contributed by atoms with Crippen LogP contribution >= 0.6 is 7.92 Å². The van der Waals surface area contributed by atoms with Crippen molar-refractivity contribution in [3.63, 3.8) is 0 Å². The molecule has 1 unspecified atom stereocenters. The highest BCUT2D eigenvalue weighted by atomic mass is 31.1. The van der Waals surface area contributed by atoms with Gasteiger partial charge in [0.1, 0.15) is 5.75 Å². The van der Waals surface area contributed by atoms with Gasteiger partial charge in [-0.3, -0.25) is 0 Å². The first-order chi connectivity index (χ1) is 13.8. The quantitative estimate of drug-likeness (QED) is 0.414. The van der Waals surface area contributed by atoms with E-state index in [2.05, 4.69) is 97.1 Å². The van der Waals surface area contributed by atoms with Crippen molar-refractivity contribution >= 4 is 18.5 Å². The van der Waals surface area contributed by atoms with Crippen LogP contribution in [0.3, 0.4) is 0 Å². The van der Waals surface area contributed by atoms with Crippen LogP contribution in [-0.2, 0) is 9.89 Å².